The summed E-state index contributed by atoms with van der Waals surface area (Å²) in [5, 5.41) is 7.37. The molecule has 0 aliphatic carbocycles. The lowest BCUT2D eigenvalue weighted by Gasteiger charge is -2.26. The number of sulfonamides is 1. The van der Waals surface area contributed by atoms with Gasteiger partial charge in [-0.2, -0.15) is 4.31 Å². The Kier molecular flexibility index (Phi) is 6.17. The van der Waals surface area contributed by atoms with Crippen LogP contribution >= 0.6 is 11.3 Å². The fourth-order valence-corrected chi connectivity index (χ4v) is 6.02. The fraction of sp³-hybridized carbons (Fsp3) is 0.261. The van der Waals surface area contributed by atoms with Crippen LogP contribution in [0.2, 0.25) is 0 Å². The van der Waals surface area contributed by atoms with Crippen LogP contribution < -0.4 is 10.6 Å². The molecule has 11 heteroatoms. The van der Waals surface area contributed by atoms with Crippen LogP contribution in [0.1, 0.15) is 11.1 Å². The standard InChI is InChI=1S/C23H24N6O3S2/c1-15-4-3-5-16(2)19(15)27-23-28-20-21(24-14-25-22(20)33-23)26-17-6-8-18(9-7-17)34(30,31)29-10-12-32-13-11-29/h3-9,14H,10-13H2,1-2H3,(H,27,28)(H,24,25,26). The van der Waals surface area contributed by atoms with E-state index in [2.05, 4.69) is 46.6 Å². The molecule has 0 bridgehead atoms. The van der Waals surface area contributed by atoms with Gasteiger partial charge in [-0.3, -0.25) is 0 Å². The number of hydrogen-bond acceptors (Lipinski definition) is 9. The first-order valence-electron chi connectivity index (χ1n) is 10.8. The number of nitrogens with zero attached hydrogens (tertiary/aromatic N) is 4. The van der Waals surface area contributed by atoms with Crippen LogP contribution in [-0.4, -0.2) is 54.0 Å². The quantitative estimate of drug-likeness (QED) is 0.409. The number of thiazole rings is 1. The number of hydrogen-bond donors (Lipinski definition) is 2. The molecular weight excluding hydrogens is 472 g/mol. The number of ether oxygens (including phenoxy) is 1. The lowest BCUT2D eigenvalue weighted by molar-refractivity contribution is 0.0730. The van der Waals surface area contributed by atoms with Crippen LogP contribution in [0, 0.1) is 13.8 Å². The van der Waals surface area contributed by atoms with E-state index >= 15 is 0 Å². The predicted octanol–water partition coefficient (Wildman–Crippen LogP) is 4.21. The molecule has 0 spiro atoms. The zero-order valence-corrected chi connectivity index (χ0v) is 20.4. The second-order valence-corrected chi connectivity index (χ2v) is 10.9. The molecule has 4 aromatic rings. The number of aryl methyl sites for hydroxylation is 2. The molecule has 34 heavy (non-hydrogen) atoms. The van der Waals surface area contributed by atoms with Crippen molar-refractivity contribution in [2.24, 2.45) is 0 Å². The predicted molar refractivity (Wildman–Crippen MR) is 134 cm³/mol. The zero-order valence-electron chi connectivity index (χ0n) is 18.8. The van der Waals surface area contributed by atoms with Crippen molar-refractivity contribution in [1.29, 1.82) is 0 Å². The third-order valence-electron chi connectivity index (χ3n) is 5.63. The largest absolute Gasteiger partial charge is 0.379 e. The van der Waals surface area contributed by atoms with Gasteiger partial charge >= 0.3 is 0 Å². The van der Waals surface area contributed by atoms with Gasteiger partial charge in [0, 0.05) is 24.5 Å². The fourth-order valence-electron chi connectivity index (χ4n) is 3.80. The van der Waals surface area contributed by atoms with Gasteiger partial charge in [0.05, 0.1) is 18.1 Å². The molecule has 0 radical (unpaired) electrons. The highest BCUT2D eigenvalue weighted by molar-refractivity contribution is 7.89. The minimum Gasteiger partial charge on any atom is -0.379 e. The molecule has 2 N–H and O–H groups in total. The van der Waals surface area contributed by atoms with Gasteiger partial charge < -0.3 is 15.4 Å². The van der Waals surface area contributed by atoms with Crippen LogP contribution in [0.4, 0.5) is 22.3 Å². The van der Waals surface area contributed by atoms with Gasteiger partial charge in [-0.25, -0.2) is 23.4 Å². The van der Waals surface area contributed by atoms with Gasteiger partial charge in [0.2, 0.25) is 10.0 Å². The highest BCUT2D eigenvalue weighted by atomic mass is 32.2. The van der Waals surface area contributed by atoms with E-state index in [0.29, 0.717) is 43.3 Å². The van der Waals surface area contributed by atoms with Crippen LogP contribution in [0.25, 0.3) is 10.3 Å². The smallest absolute Gasteiger partial charge is 0.243 e. The number of aromatic nitrogens is 3. The van der Waals surface area contributed by atoms with Crippen molar-refractivity contribution in [2.45, 2.75) is 18.7 Å². The number of nitrogens with one attached hydrogen (secondary N) is 2. The van der Waals surface area contributed by atoms with E-state index in [9.17, 15) is 8.42 Å². The van der Waals surface area contributed by atoms with Gasteiger partial charge in [-0.05, 0) is 49.2 Å². The second-order valence-electron chi connectivity index (χ2n) is 7.95. The van der Waals surface area contributed by atoms with Crippen molar-refractivity contribution >= 4 is 54.0 Å². The minimum atomic E-state index is -3.54. The molecule has 1 aliphatic heterocycles. The van der Waals surface area contributed by atoms with Gasteiger partial charge in [-0.1, -0.05) is 29.5 Å². The molecule has 1 saturated heterocycles. The van der Waals surface area contributed by atoms with E-state index < -0.39 is 10.0 Å². The van der Waals surface area contributed by atoms with Crippen LogP contribution in [-0.2, 0) is 14.8 Å². The third kappa shape index (κ3) is 4.47. The lowest BCUT2D eigenvalue weighted by atomic mass is 10.1. The molecule has 0 amide bonds. The van der Waals surface area contributed by atoms with Gasteiger partial charge in [0.25, 0.3) is 0 Å². The first-order chi connectivity index (χ1) is 16.4. The van der Waals surface area contributed by atoms with E-state index in [0.717, 1.165) is 26.8 Å². The van der Waals surface area contributed by atoms with Gasteiger partial charge in [-0.15, -0.1) is 0 Å². The van der Waals surface area contributed by atoms with Crippen LogP contribution in [0.5, 0.6) is 0 Å². The summed E-state index contributed by atoms with van der Waals surface area (Å²) in [6.07, 6.45) is 1.49. The molecule has 0 unspecified atom stereocenters. The number of morpholine rings is 1. The summed E-state index contributed by atoms with van der Waals surface area (Å²) in [5.74, 6) is 0.555. The average Bonchev–Trinajstić information content (AvgIpc) is 3.26. The van der Waals surface area contributed by atoms with E-state index in [-0.39, 0.29) is 4.90 Å². The molecule has 2 aromatic heterocycles. The number of rotatable bonds is 6. The molecule has 1 aliphatic rings. The number of para-hydroxylation sites is 1. The Morgan fingerprint density at radius 2 is 1.68 bits per heavy atom. The Bertz CT molecular complexity index is 1410. The van der Waals surface area contributed by atoms with E-state index in [4.69, 9.17) is 9.72 Å². The maximum atomic E-state index is 12.8. The molecule has 3 heterocycles. The summed E-state index contributed by atoms with van der Waals surface area (Å²) in [6.45, 7) is 5.66. The summed E-state index contributed by atoms with van der Waals surface area (Å²) in [5.41, 5.74) is 4.65. The summed E-state index contributed by atoms with van der Waals surface area (Å²) >= 11 is 1.45. The Morgan fingerprint density at radius 3 is 2.38 bits per heavy atom. The lowest BCUT2D eigenvalue weighted by Crippen LogP contribution is -2.40. The van der Waals surface area contributed by atoms with Crippen LogP contribution in [0.3, 0.4) is 0 Å². The first kappa shape index (κ1) is 22.7. The van der Waals surface area contributed by atoms with E-state index in [1.807, 2.05) is 6.07 Å². The minimum absolute atomic E-state index is 0.251. The molecule has 2 aromatic carbocycles. The maximum Gasteiger partial charge on any atom is 0.243 e. The Morgan fingerprint density at radius 1 is 0.971 bits per heavy atom. The molecular formula is C23H24N6O3S2. The Labute approximate surface area is 201 Å². The van der Waals surface area contributed by atoms with Crippen molar-refractivity contribution in [3.63, 3.8) is 0 Å². The molecule has 5 rings (SSSR count). The normalized spacial score (nSPS) is 14.9. The summed E-state index contributed by atoms with van der Waals surface area (Å²) in [6, 6.07) is 12.8. The zero-order chi connectivity index (χ0) is 23.7. The number of fused-ring (bicyclic) bond motifs is 1. The van der Waals surface area contributed by atoms with E-state index in [1.165, 1.54) is 22.0 Å². The molecule has 0 saturated carbocycles. The van der Waals surface area contributed by atoms with Crippen molar-refractivity contribution < 1.29 is 13.2 Å². The summed E-state index contributed by atoms with van der Waals surface area (Å²) < 4.78 is 32.4. The van der Waals surface area contributed by atoms with Crippen molar-refractivity contribution in [2.75, 3.05) is 36.9 Å². The molecule has 1 fully saturated rings. The Balaban J connectivity index is 1.38. The first-order valence-corrected chi connectivity index (χ1v) is 13.1. The van der Waals surface area contributed by atoms with Crippen molar-refractivity contribution in [1.82, 2.24) is 19.3 Å². The number of anilines is 4. The Hall–Kier alpha value is -3.12. The van der Waals surface area contributed by atoms with E-state index in [1.54, 1.807) is 24.3 Å². The second kappa shape index (κ2) is 9.26. The SMILES string of the molecule is Cc1cccc(C)c1Nc1nc2c(Nc3ccc(S(=O)(=O)N4CCOCC4)cc3)ncnc2s1. The highest BCUT2D eigenvalue weighted by Crippen LogP contribution is 2.33. The number of benzene rings is 2. The highest BCUT2D eigenvalue weighted by Gasteiger charge is 2.26. The van der Waals surface area contributed by atoms with Gasteiger partial charge in [0.1, 0.15) is 11.8 Å². The molecule has 9 nitrogen and oxygen atoms in total. The van der Waals surface area contributed by atoms with Gasteiger partial charge in [0.15, 0.2) is 15.8 Å². The van der Waals surface area contributed by atoms with Crippen molar-refractivity contribution in [3.05, 3.63) is 59.9 Å². The average molecular weight is 497 g/mol. The maximum absolute atomic E-state index is 12.8. The van der Waals surface area contributed by atoms with Crippen LogP contribution in [0.15, 0.2) is 53.7 Å². The third-order valence-corrected chi connectivity index (χ3v) is 8.43. The molecule has 0 atom stereocenters. The summed E-state index contributed by atoms with van der Waals surface area (Å²) in [4.78, 5) is 14.4. The summed E-state index contributed by atoms with van der Waals surface area (Å²) in [7, 11) is -3.54. The molecule has 176 valence electrons. The monoisotopic (exact) mass is 496 g/mol. The topological polar surface area (TPSA) is 109 Å². The van der Waals surface area contributed by atoms with Crippen molar-refractivity contribution in [3.8, 4) is 0 Å².